The van der Waals surface area contributed by atoms with Gasteiger partial charge in [0.2, 0.25) is 0 Å². The SMILES string of the molecule is [C]#CCCC[CH]Cl. The van der Waals surface area contributed by atoms with Crippen molar-refractivity contribution >= 4 is 11.6 Å². The van der Waals surface area contributed by atoms with Crippen LogP contribution in [0.3, 0.4) is 0 Å². The van der Waals surface area contributed by atoms with Gasteiger partial charge in [-0.1, -0.05) is 5.92 Å². The lowest BCUT2D eigenvalue weighted by Gasteiger charge is -1.84. The van der Waals surface area contributed by atoms with Crippen LogP contribution in [0.2, 0.25) is 0 Å². The van der Waals surface area contributed by atoms with Crippen molar-refractivity contribution in [3.05, 3.63) is 12.3 Å². The Morgan fingerprint density at radius 1 is 1.71 bits per heavy atom. The molecule has 0 aliphatic rings. The summed E-state index contributed by atoms with van der Waals surface area (Å²) >= 11 is 5.22. The van der Waals surface area contributed by atoms with Gasteiger partial charge in [-0.25, -0.2) is 0 Å². The average molecular weight is 115 g/mol. The Morgan fingerprint density at radius 3 is 2.86 bits per heavy atom. The topological polar surface area (TPSA) is 0 Å². The van der Waals surface area contributed by atoms with Crippen molar-refractivity contribution in [2.45, 2.75) is 19.3 Å². The van der Waals surface area contributed by atoms with Crippen LogP contribution < -0.4 is 0 Å². The highest BCUT2D eigenvalue weighted by atomic mass is 35.5. The van der Waals surface area contributed by atoms with Gasteiger partial charge in [0.15, 0.2) is 0 Å². The Bertz CT molecular complexity index is 61.1. The third-order valence-corrected chi connectivity index (χ3v) is 0.833. The third-order valence-electron chi connectivity index (χ3n) is 0.615. The molecule has 0 nitrogen and oxygen atoms in total. The van der Waals surface area contributed by atoms with Crippen molar-refractivity contribution < 1.29 is 0 Å². The van der Waals surface area contributed by atoms with Crippen LogP contribution in [0.5, 0.6) is 0 Å². The Balaban J connectivity index is 2.60. The smallest absolute Gasteiger partial charge is 0.0500 e. The molecule has 38 valence electrons. The van der Waals surface area contributed by atoms with Crippen molar-refractivity contribution in [1.29, 1.82) is 0 Å². The maximum Gasteiger partial charge on any atom is 0.0500 e. The van der Waals surface area contributed by atoms with Crippen LogP contribution in [0.15, 0.2) is 0 Å². The summed E-state index contributed by atoms with van der Waals surface area (Å²) in [4.78, 5) is 0. The van der Waals surface area contributed by atoms with Gasteiger partial charge in [-0.2, -0.15) is 0 Å². The number of halogens is 1. The molecular weight excluding hydrogens is 108 g/mol. The third kappa shape index (κ3) is 5.85. The molecule has 0 rings (SSSR count). The molecule has 0 fully saturated rings. The van der Waals surface area contributed by atoms with E-state index in [4.69, 9.17) is 18.0 Å². The molecule has 1 heteroatoms. The predicted molar refractivity (Wildman–Crippen MR) is 31.1 cm³/mol. The zero-order valence-corrected chi connectivity index (χ0v) is 4.83. The quantitative estimate of drug-likeness (QED) is 0.390. The predicted octanol–water partition coefficient (Wildman–Crippen LogP) is 2.15. The molecule has 0 bridgehead atoms. The molecular formula is C6H7Cl. The van der Waals surface area contributed by atoms with E-state index in [2.05, 4.69) is 5.92 Å². The molecule has 0 saturated heterocycles. The Morgan fingerprint density at radius 2 is 2.43 bits per heavy atom. The lowest BCUT2D eigenvalue weighted by molar-refractivity contribution is 0.872. The van der Waals surface area contributed by atoms with E-state index < -0.39 is 0 Å². The monoisotopic (exact) mass is 114 g/mol. The van der Waals surface area contributed by atoms with Crippen molar-refractivity contribution in [3.8, 4) is 5.92 Å². The van der Waals surface area contributed by atoms with Crippen molar-refractivity contribution in [2.75, 3.05) is 0 Å². The maximum atomic E-state index is 6.47. The second-order valence-corrected chi connectivity index (χ2v) is 1.53. The summed E-state index contributed by atoms with van der Waals surface area (Å²) in [6.45, 7) is 0. The van der Waals surface area contributed by atoms with E-state index in [0.29, 0.717) is 0 Å². The highest BCUT2D eigenvalue weighted by Gasteiger charge is 1.79. The van der Waals surface area contributed by atoms with E-state index in [1.54, 1.807) is 5.88 Å². The van der Waals surface area contributed by atoms with Crippen LogP contribution in [0.1, 0.15) is 19.3 Å². The fourth-order valence-corrected chi connectivity index (χ4v) is 0.422. The first-order chi connectivity index (χ1) is 3.41. The van der Waals surface area contributed by atoms with Gasteiger partial charge in [-0.05, 0) is 19.3 Å². The first-order valence-electron chi connectivity index (χ1n) is 2.23. The molecule has 0 saturated carbocycles. The second kappa shape index (κ2) is 5.85. The molecule has 0 atom stereocenters. The van der Waals surface area contributed by atoms with Gasteiger partial charge in [0.05, 0.1) is 0 Å². The summed E-state index contributed by atoms with van der Waals surface area (Å²) in [5.41, 5.74) is 0. The lowest BCUT2D eigenvalue weighted by Crippen LogP contribution is -1.67. The minimum Gasteiger partial charge on any atom is -0.121 e. The average Bonchev–Trinajstić information content (AvgIpc) is 1.69. The molecule has 7 heavy (non-hydrogen) atoms. The first kappa shape index (κ1) is 6.85. The zero-order chi connectivity index (χ0) is 5.54. The van der Waals surface area contributed by atoms with Crippen LogP contribution in [0, 0.1) is 18.2 Å². The molecule has 0 spiro atoms. The number of hydrogen-bond acceptors (Lipinski definition) is 0. The molecule has 0 aromatic heterocycles. The number of hydrogen-bond donors (Lipinski definition) is 0. The van der Waals surface area contributed by atoms with Crippen LogP contribution >= 0.6 is 11.6 Å². The van der Waals surface area contributed by atoms with Gasteiger partial charge in [0.1, 0.15) is 0 Å². The minimum atomic E-state index is 0.725. The molecule has 2 radical (unpaired) electrons. The summed E-state index contributed by atoms with van der Waals surface area (Å²) in [7, 11) is 0. The van der Waals surface area contributed by atoms with E-state index in [1.807, 2.05) is 0 Å². The van der Waals surface area contributed by atoms with Gasteiger partial charge < -0.3 is 0 Å². The summed E-state index contributed by atoms with van der Waals surface area (Å²) in [6, 6.07) is 0. The molecule has 0 aliphatic heterocycles. The minimum absolute atomic E-state index is 0.725. The van der Waals surface area contributed by atoms with Gasteiger partial charge in [-0.3, -0.25) is 0 Å². The van der Waals surface area contributed by atoms with Gasteiger partial charge in [-0.15, -0.1) is 11.6 Å². The molecule has 0 aromatic rings. The van der Waals surface area contributed by atoms with E-state index in [-0.39, 0.29) is 0 Å². The largest absolute Gasteiger partial charge is 0.121 e. The summed E-state index contributed by atoms with van der Waals surface area (Å²) < 4.78 is 0. The fraction of sp³-hybridized carbons (Fsp3) is 0.500. The molecule has 0 unspecified atom stereocenters. The summed E-state index contributed by atoms with van der Waals surface area (Å²) in [6.07, 6.45) is 9.03. The van der Waals surface area contributed by atoms with E-state index in [0.717, 1.165) is 19.3 Å². The fourth-order valence-electron chi connectivity index (χ4n) is 0.268. The highest BCUT2D eigenvalue weighted by Crippen LogP contribution is 1.98. The lowest BCUT2D eigenvalue weighted by atomic mass is 10.3. The van der Waals surface area contributed by atoms with Crippen LogP contribution in [0.25, 0.3) is 0 Å². The molecule has 0 heterocycles. The van der Waals surface area contributed by atoms with Gasteiger partial charge >= 0.3 is 0 Å². The van der Waals surface area contributed by atoms with E-state index in [1.165, 1.54) is 0 Å². The standard InChI is InChI=1S/C6H7Cl/c1-2-3-4-5-6-7/h6H,3-5H2. The zero-order valence-electron chi connectivity index (χ0n) is 4.08. The van der Waals surface area contributed by atoms with Crippen LogP contribution in [-0.4, -0.2) is 0 Å². The van der Waals surface area contributed by atoms with Crippen LogP contribution in [-0.2, 0) is 0 Å². The Kier molecular flexibility index (Phi) is 5.72. The second-order valence-electron chi connectivity index (χ2n) is 1.22. The first-order valence-corrected chi connectivity index (χ1v) is 2.67. The summed E-state index contributed by atoms with van der Waals surface area (Å²) in [5, 5.41) is 0. The summed E-state index contributed by atoms with van der Waals surface area (Å²) in [5.74, 6) is 3.85. The normalized spacial score (nSPS) is 8.00. The highest BCUT2D eigenvalue weighted by molar-refractivity contribution is 6.23. The Labute approximate surface area is 49.9 Å². The van der Waals surface area contributed by atoms with Crippen LogP contribution in [0.4, 0.5) is 0 Å². The molecule has 0 amide bonds. The van der Waals surface area contributed by atoms with E-state index in [9.17, 15) is 0 Å². The molecule has 0 aliphatic carbocycles. The number of rotatable bonds is 3. The number of unbranched alkanes of at least 4 members (excludes halogenated alkanes) is 2. The van der Waals surface area contributed by atoms with Crippen molar-refractivity contribution in [3.63, 3.8) is 0 Å². The molecule has 0 N–H and O–H groups in total. The van der Waals surface area contributed by atoms with Crippen molar-refractivity contribution in [2.24, 2.45) is 0 Å². The molecule has 0 aromatic carbocycles. The van der Waals surface area contributed by atoms with Gasteiger partial charge in [0, 0.05) is 12.3 Å². The van der Waals surface area contributed by atoms with Gasteiger partial charge in [0.25, 0.3) is 0 Å². The van der Waals surface area contributed by atoms with Crippen molar-refractivity contribution in [1.82, 2.24) is 0 Å². The Hall–Kier alpha value is -0.150. The maximum absolute atomic E-state index is 6.47. The van der Waals surface area contributed by atoms with E-state index >= 15 is 0 Å².